The maximum absolute atomic E-state index is 10.9. The molecule has 0 unspecified atom stereocenters. The minimum absolute atomic E-state index is 0.168. The van der Waals surface area contributed by atoms with Crippen LogP contribution in [0.5, 0.6) is 5.75 Å². The Balaban J connectivity index is 1.52. The van der Waals surface area contributed by atoms with Gasteiger partial charge < -0.3 is 14.9 Å². The van der Waals surface area contributed by atoms with Crippen molar-refractivity contribution in [3.63, 3.8) is 0 Å². The van der Waals surface area contributed by atoms with E-state index in [-0.39, 0.29) is 24.3 Å². The average molecular weight is 532 g/mol. The van der Waals surface area contributed by atoms with Gasteiger partial charge in [-0.15, -0.1) is 0 Å². The lowest BCUT2D eigenvalue weighted by Gasteiger charge is -2.22. The average Bonchev–Trinajstić information content (AvgIpc) is 3.60. The highest BCUT2D eigenvalue weighted by atomic mass is 16.3. The van der Waals surface area contributed by atoms with Gasteiger partial charge in [-0.2, -0.15) is 0 Å². The second-order valence-corrected chi connectivity index (χ2v) is 11.0. The molecule has 0 saturated heterocycles. The van der Waals surface area contributed by atoms with Gasteiger partial charge in [0, 0.05) is 28.5 Å². The number of phenols is 1. The molecule has 0 amide bonds. The molecule has 5 aromatic rings. The maximum atomic E-state index is 10.9. The third-order valence-electron chi connectivity index (χ3n) is 7.63. The standard InChI is InChI=1S/C35H36N4O/c1-23(2)27-15-11-16-28(24(3)4)34(27)38-21-30(36-35(38)29-14-6-9-19-33(29)40)25-12-10-13-26(20-25)39-22-37(5)31-17-7-8-18-32(31)39/h6-21,23-24,40H,22H2,1-5H3/i5D3. The molecule has 0 aliphatic carbocycles. The third-order valence-corrected chi connectivity index (χ3v) is 7.63. The van der Waals surface area contributed by atoms with Crippen molar-refractivity contribution in [3.05, 3.63) is 108 Å². The zero-order valence-electron chi connectivity index (χ0n) is 26.3. The second kappa shape index (κ2) is 10.2. The van der Waals surface area contributed by atoms with E-state index in [0.717, 1.165) is 28.3 Å². The number of nitrogens with zero attached hydrogens (tertiary/aromatic N) is 4. The van der Waals surface area contributed by atoms with Crippen LogP contribution in [0.25, 0.3) is 28.3 Å². The molecule has 0 saturated carbocycles. The Kier molecular flexibility index (Phi) is 5.71. The predicted octanol–water partition coefficient (Wildman–Crippen LogP) is 8.70. The highest BCUT2D eigenvalue weighted by Crippen LogP contribution is 2.42. The first kappa shape index (κ1) is 22.3. The molecule has 1 N–H and O–H groups in total. The van der Waals surface area contributed by atoms with Gasteiger partial charge in [0.2, 0.25) is 0 Å². The summed E-state index contributed by atoms with van der Waals surface area (Å²) >= 11 is 0. The quantitative estimate of drug-likeness (QED) is 0.238. The summed E-state index contributed by atoms with van der Waals surface area (Å²) in [5.41, 5.74) is 8.22. The lowest BCUT2D eigenvalue weighted by atomic mass is 9.92. The van der Waals surface area contributed by atoms with E-state index in [1.165, 1.54) is 16.0 Å². The number of para-hydroxylation sites is 4. The molecule has 0 radical (unpaired) electrons. The summed E-state index contributed by atoms with van der Waals surface area (Å²) in [5, 5.41) is 10.9. The van der Waals surface area contributed by atoms with Crippen LogP contribution in [-0.2, 0) is 0 Å². The molecule has 0 bridgehead atoms. The van der Waals surface area contributed by atoms with E-state index < -0.39 is 6.98 Å². The fourth-order valence-corrected chi connectivity index (χ4v) is 5.60. The zero-order valence-corrected chi connectivity index (χ0v) is 23.3. The predicted molar refractivity (Wildman–Crippen MR) is 166 cm³/mol. The first-order valence-corrected chi connectivity index (χ1v) is 13.8. The van der Waals surface area contributed by atoms with Crippen LogP contribution in [0.2, 0.25) is 0 Å². The van der Waals surface area contributed by atoms with Gasteiger partial charge >= 0.3 is 0 Å². The minimum Gasteiger partial charge on any atom is -0.507 e. The second-order valence-electron chi connectivity index (χ2n) is 11.0. The Labute approximate surface area is 241 Å². The highest BCUT2D eigenvalue weighted by Gasteiger charge is 2.25. The SMILES string of the molecule is [2H]C([2H])([2H])N1CN(c2cccc(-c3cn(-c4c(C(C)C)cccc4C(C)C)c(-c4ccccc4O)n3)c2)c2ccccc21. The van der Waals surface area contributed by atoms with Crippen LogP contribution in [0.3, 0.4) is 0 Å². The lowest BCUT2D eigenvalue weighted by Crippen LogP contribution is -2.23. The first-order valence-electron chi connectivity index (χ1n) is 15.3. The van der Waals surface area contributed by atoms with Gasteiger partial charge in [-0.1, -0.05) is 82.3 Å². The molecule has 0 spiro atoms. The van der Waals surface area contributed by atoms with Crippen LogP contribution in [0, 0.1) is 0 Å². The molecule has 6 rings (SSSR count). The number of aromatic nitrogens is 2. The van der Waals surface area contributed by atoms with Crippen LogP contribution in [0.1, 0.15) is 54.8 Å². The van der Waals surface area contributed by atoms with Crippen molar-refractivity contribution in [3.8, 4) is 34.1 Å². The van der Waals surface area contributed by atoms with Gasteiger partial charge in [-0.05, 0) is 59.4 Å². The lowest BCUT2D eigenvalue weighted by molar-refractivity contribution is 0.477. The molecule has 1 aromatic heterocycles. The molecule has 0 atom stereocenters. The van der Waals surface area contributed by atoms with Crippen LogP contribution in [-0.4, -0.2) is 28.3 Å². The molecule has 1 aliphatic rings. The number of hydrogen-bond acceptors (Lipinski definition) is 4. The number of anilines is 3. The fourth-order valence-electron chi connectivity index (χ4n) is 5.60. The van der Waals surface area contributed by atoms with E-state index in [1.807, 2.05) is 65.6 Å². The number of hydrogen-bond donors (Lipinski definition) is 1. The molecule has 5 nitrogen and oxygen atoms in total. The van der Waals surface area contributed by atoms with E-state index in [1.54, 1.807) is 6.07 Å². The maximum Gasteiger partial charge on any atom is 0.148 e. The van der Waals surface area contributed by atoms with E-state index in [4.69, 9.17) is 9.10 Å². The Bertz CT molecular complexity index is 1760. The Morgan fingerprint density at radius 1 is 0.800 bits per heavy atom. The normalized spacial score (nSPS) is 14.4. The third kappa shape index (κ3) is 4.41. The summed E-state index contributed by atoms with van der Waals surface area (Å²) in [6.45, 7) is 6.74. The van der Waals surface area contributed by atoms with Crippen LogP contribution in [0.15, 0.2) is 97.2 Å². The largest absolute Gasteiger partial charge is 0.507 e. The van der Waals surface area contributed by atoms with Crippen molar-refractivity contribution >= 4 is 17.1 Å². The van der Waals surface area contributed by atoms with E-state index in [0.29, 0.717) is 17.1 Å². The van der Waals surface area contributed by atoms with Crippen molar-refractivity contribution in [2.45, 2.75) is 39.5 Å². The van der Waals surface area contributed by atoms with Crippen molar-refractivity contribution in [2.75, 3.05) is 23.4 Å². The topological polar surface area (TPSA) is 44.5 Å². The minimum atomic E-state index is -2.26. The molecule has 40 heavy (non-hydrogen) atoms. The van der Waals surface area contributed by atoms with Gasteiger partial charge in [-0.25, -0.2) is 4.98 Å². The number of rotatable bonds is 6. The molecule has 0 fully saturated rings. The molecular weight excluding hydrogens is 492 g/mol. The van der Waals surface area contributed by atoms with Gasteiger partial charge in [0.1, 0.15) is 11.6 Å². The van der Waals surface area contributed by atoms with Gasteiger partial charge in [0.25, 0.3) is 0 Å². The molecule has 5 heteroatoms. The Morgan fingerprint density at radius 2 is 1.48 bits per heavy atom. The fraction of sp³-hybridized carbons (Fsp3) is 0.229. The molecule has 2 heterocycles. The summed E-state index contributed by atoms with van der Waals surface area (Å²) in [6, 6.07) is 29.4. The van der Waals surface area contributed by atoms with E-state index in [9.17, 15) is 5.11 Å². The zero-order chi connectivity index (χ0) is 30.5. The number of benzene rings is 4. The molecule has 4 aromatic carbocycles. The monoisotopic (exact) mass is 531 g/mol. The summed E-state index contributed by atoms with van der Waals surface area (Å²) in [4.78, 5) is 8.62. The van der Waals surface area contributed by atoms with Gasteiger partial charge in [-0.3, -0.25) is 4.57 Å². The highest BCUT2D eigenvalue weighted by molar-refractivity contribution is 5.83. The summed E-state index contributed by atoms with van der Waals surface area (Å²) in [5.74, 6) is 1.38. The Morgan fingerprint density at radius 3 is 2.17 bits per heavy atom. The van der Waals surface area contributed by atoms with Crippen LogP contribution < -0.4 is 9.80 Å². The number of fused-ring (bicyclic) bond motifs is 1. The first-order chi connectivity index (χ1) is 20.5. The van der Waals surface area contributed by atoms with Gasteiger partial charge in [0.15, 0.2) is 0 Å². The van der Waals surface area contributed by atoms with E-state index in [2.05, 4.69) is 62.7 Å². The molecular formula is C35H36N4O. The number of phenolic OH excluding ortho intramolecular Hbond substituents is 1. The smallest absolute Gasteiger partial charge is 0.148 e. The van der Waals surface area contributed by atoms with Crippen molar-refractivity contribution in [1.82, 2.24) is 9.55 Å². The van der Waals surface area contributed by atoms with Crippen molar-refractivity contribution in [2.24, 2.45) is 0 Å². The van der Waals surface area contributed by atoms with Gasteiger partial charge in [0.05, 0.1) is 35.0 Å². The van der Waals surface area contributed by atoms with Crippen molar-refractivity contribution < 1.29 is 9.22 Å². The molecule has 1 aliphatic heterocycles. The summed E-state index contributed by atoms with van der Waals surface area (Å²) < 4.78 is 26.4. The number of aromatic hydroxyl groups is 1. The van der Waals surface area contributed by atoms with E-state index >= 15 is 0 Å². The van der Waals surface area contributed by atoms with Crippen LogP contribution >= 0.6 is 0 Å². The van der Waals surface area contributed by atoms with Crippen molar-refractivity contribution in [1.29, 1.82) is 0 Å². The molecule has 202 valence electrons. The summed E-state index contributed by atoms with van der Waals surface area (Å²) in [6.07, 6.45) is 2.06. The van der Waals surface area contributed by atoms with Crippen LogP contribution in [0.4, 0.5) is 17.1 Å². The summed E-state index contributed by atoms with van der Waals surface area (Å²) in [7, 11) is 0. The Hall–Kier alpha value is -4.51. The number of imidazole rings is 1.